The average molecular weight is 647 g/mol. The number of unbranched alkanes of at least 4 members (excludes halogenated alkanes) is 9. The summed E-state index contributed by atoms with van der Waals surface area (Å²) in [6.45, 7) is 13.5. The Hall–Kier alpha value is -2.51. The smallest absolute Gasteiger partial charge is 0.408 e. The molecule has 0 saturated heterocycles. The van der Waals surface area contributed by atoms with Crippen molar-refractivity contribution in [2.45, 2.75) is 157 Å². The molecule has 3 rings (SSSR count). The van der Waals surface area contributed by atoms with E-state index < -0.39 is 8.60 Å². The van der Waals surface area contributed by atoms with E-state index in [4.69, 9.17) is 13.6 Å². The minimum atomic E-state index is -1.74. The molecular weight excluding hydrogens is 583 g/mol. The summed E-state index contributed by atoms with van der Waals surface area (Å²) in [5, 5.41) is 0. The second-order valence-corrected chi connectivity index (χ2v) is 13.8. The monoisotopic (exact) mass is 646 g/mol. The standard InChI is InChI=1S/C42H63O3P/c1-7-13-16-19-22-37-31-34(10-4)25-28-40(37)43-46(44-41-29-26-35(11-5)32-38(41)23-20-17-14-8-2)45-42-30-27-36(12-6)33-39(42)24-21-18-15-9-3/h25-33H,7-24H2,1-6H3. The Morgan fingerprint density at radius 1 is 0.391 bits per heavy atom. The van der Waals surface area contributed by atoms with E-state index in [-0.39, 0.29) is 0 Å². The third-order valence-electron chi connectivity index (χ3n) is 9.02. The van der Waals surface area contributed by atoms with Gasteiger partial charge in [-0.2, -0.15) is 0 Å². The van der Waals surface area contributed by atoms with Crippen molar-refractivity contribution in [2.24, 2.45) is 0 Å². The van der Waals surface area contributed by atoms with Crippen LogP contribution >= 0.6 is 8.60 Å². The first-order chi connectivity index (χ1) is 22.5. The highest BCUT2D eigenvalue weighted by molar-refractivity contribution is 7.43. The van der Waals surface area contributed by atoms with E-state index in [9.17, 15) is 0 Å². The van der Waals surface area contributed by atoms with Gasteiger partial charge in [-0.15, -0.1) is 0 Å². The summed E-state index contributed by atoms with van der Waals surface area (Å²) in [6.07, 6.45) is 20.8. The number of hydrogen-bond acceptors (Lipinski definition) is 3. The first kappa shape index (κ1) is 37.9. The van der Waals surface area contributed by atoms with Crippen molar-refractivity contribution < 1.29 is 13.6 Å². The van der Waals surface area contributed by atoms with Gasteiger partial charge in [-0.25, -0.2) is 0 Å². The Labute approximate surface area is 283 Å². The van der Waals surface area contributed by atoms with E-state index in [2.05, 4.69) is 96.1 Å². The molecule has 0 amide bonds. The molecule has 0 radical (unpaired) electrons. The van der Waals surface area contributed by atoms with Gasteiger partial charge in [0.15, 0.2) is 0 Å². The van der Waals surface area contributed by atoms with Crippen molar-refractivity contribution in [2.75, 3.05) is 0 Å². The van der Waals surface area contributed by atoms with E-state index in [1.165, 1.54) is 91.2 Å². The second kappa shape index (κ2) is 22.1. The highest BCUT2D eigenvalue weighted by Gasteiger charge is 2.24. The van der Waals surface area contributed by atoms with Gasteiger partial charge < -0.3 is 13.6 Å². The third-order valence-corrected chi connectivity index (χ3v) is 10.1. The third kappa shape index (κ3) is 12.9. The lowest BCUT2D eigenvalue weighted by atomic mass is 10.0. The fourth-order valence-electron chi connectivity index (χ4n) is 5.93. The topological polar surface area (TPSA) is 27.7 Å². The van der Waals surface area contributed by atoms with Crippen LogP contribution in [0.2, 0.25) is 0 Å². The molecule has 0 unspecified atom stereocenters. The molecule has 3 aromatic rings. The van der Waals surface area contributed by atoms with Gasteiger partial charge in [0.2, 0.25) is 0 Å². The van der Waals surface area contributed by atoms with Crippen molar-refractivity contribution >= 4 is 8.60 Å². The molecule has 0 spiro atoms. The summed E-state index contributed by atoms with van der Waals surface area (Å²) in [5.74, 6) is 2.68. The van der Waals surface area contributed by atoms with Crippen LogP contribution in [0.1, 0.15) is 152 Å². The Morgan fingerprint density at radius 3 is 0.957 bits per heavy atom. The second-order valence-electron chi connectivity index (χ2n) is 12.8. The molecule has 0 aliphatic rings. The van der Waals surface area contributed by atoms with Crippen LogP contribution in [0, 0.1) is 0 Å². The highest BCUT2D eigenvalue weighted by Crippen LogP contribution is 2.46. The molecule has 0 N–H and O–H groups in total. The van der Waals surface area contributed by atoms with Crippen LogP contribution in [0.4, 0.5) is 0 Å². The van der Waals surface area contributed by atoms with Crippen LogP contribution in [0.15, 0.2) is 54.6 Å². The molecule has 0 aliphatic heterocycles. The fraction of sp³-hybridized carbons (Fsp3) is 0.571. The fourth-order valence-corrected chi connectivity index (χ4v) is 7.06. The lowest BCUT2D eigenvalue weighted by molar-refractivity contribution is 0.382. The zero-order valence-corrected chi connectivity index (χ0v) is 31.0. The summed E-state index contributed by atoms with van der Waals surface area (Å²) in [4.78, 5) is 0. The van der Waals surface area contributed by atoms with Gasteiger partial charge in [0.25, 0.3) is 0 Å². The van der Waals surface area contributed by atoms with Crippen molar-refractivity contribution in [1.29, 1.82) is 0 Å². The molecule has 0 bridgehead atoms. The lowest BCUT2D eigenvalue weighted by Crippen LogP contribution is -2.07. The molecule has 0 heterocycles. The maximum absolute atomic E-state index is 6.84. The van der Waals surface area contributed by atoms with Gasteiger partial charge >= 0.3 is 8.60 Å². The predicted molar refractivity (Wildman–Crippen MR) is 200 cm³/mol. The predicted octanol–water partition coefficient (Wildman–Crippen LogP) is 13.5. The Kier molecular flexibility index (Phi) is 18.3. The van der Waals surface area contributed by atoms with Crippen molar-refractivity contribution in [1.82, 2.24) is 0 Å². The van der Waals surface area contributed by atoms with E-state index in [1.54, 1.807) is 0 Å². The average Bonchev–Trinajstić information content (AvgIpc) is 3.08. The molecular formula is C42H63O3P. The van der Waals surface area contributed by atoms with E-state index in [0.717, 1.165) is 75.0 Å². The van der Waals surface area contributed by atoms with Crippen LogP contribution in [-0.2, 0) is 38.5 Å². The van der Waals surface area contributed by atoms with Gasteiger partial charge in [-0.05, 0) is 109 Å². The minimum absolute atomic E-state index is 0.893. The molecule has 0 aromatic heterocycles. The molecule has 254 valence electrons. The quantitative estimate of drug-likeness (QED) is 0.0716. The van der Waals surface area contributed by atoms with Gasteiger partial charge in [-0.3, -0.25) is 0 Å². The summed E-state index contributed by atoms with van der Waals surface area (Å²) < 4.78 is 20.5. The molecule has 3 aromatic carbocycles. The van der Waals surface area contributed by atoms with Crippen molar-refractivity contribution in [3.63, 3.8) is 0 Å². The maximum Gasteiger partial charge on any atom is 0.530 e. The minimum Gasteiger partial charge on any atom is -0.408 e. The Bertz CT molecular complexity index is 1110. The molecule has 0 saturated carbocycles. The highest BCUT2D eigenvalue weighted by atomic mass is 31.2. The number of benzene rings is 3. The van der Waals surface area contributed by atoms with Crippen LogP contribution in [0.5, 0.6) is 17.2 Å². The number of rotatable bonds is 24. The van der Waals surface area contributed by atoms with E-state index in [1.807, 2.05) is 0 Å². The molecule has 3 nitrogen and oxygen atoms in total. The molecule has 4 heteroatoms. The first-order valence-corrected chi connectivity index (χ1v) is 19.8. The van der Waals surface area contributed by atoms with Crippen LogP contribution < -0.4 is 13.6 Å². The largest absolute Gasteiger partial charge is 0.530 e. The summed E-state index contributed by atoms with van der Waals surface area (Å²) in [5.41, 5.74) is 7.82. The number of aryl methyl sites for hydroxylation is 6. The summed E-state index contributed by atoms with van der Waals surface area (Å²) in [6, 6.07) is 20.0. The first-order valence-electron chi connectivity index (χ1n) is 18.7. The SMILES string of the molecule is CCCCCCc1cc(CC)ccc1OP(Oc1ccc(CC)cc1CCCCCC)Oc1ccc(CC)cc1CCCCCC. The van der Waals surface area contributed by atoms with Crippen LogP contribution in [0.3, 0.4) is 0 Å². The van der Waals surface area contributed by atoms with Gasteiger partial charge in [0.05, 0.1) is 0 Å². The van der Waals surface area contributed by atoms with E-state index >= 15 is 0 Å². The van der Waals surface area contributed by atoms with E-state index in [0.29, 0.717) is 0 Å². The molecule has 46 heavy (non-hydrogen) atoms. The van der Waals surface area contributed by atoms with Crippen LogP contribution in [-0.4, -0.2) is 0 Å². The Balaban J connectivity index is 1.98. The molecule has 0 fully saturated rings. The van der Waals surface area contributed by atoms with Crippen molar-refractivity contribution in [3.05, 3.63) is 88.0 Å². The lowest BCUT2D eigenvalue weighted by Gasteiger charge is -2.23. The van der Waals surface area contributed by atoms with Gasteiger partial charge in [-0.1, -0.05) is 136 Å². The Morgan fingerprint density at radius 2 is 0.696 bits per heavy atom. The number of hydrogen-bond donors (Lipinski definition) is 0. The summed E-state index contributed by atoms with van der Waals surface area (Å²) in [7, 11) is -1.74. The van der Waals surface area contributed by atoms with Crippen LogP contribution in [0.25, 0.3) is 0 Å². The zero-order chi connectivity index (χ0) is 33.0. The normalized spacial score (nSPS) is 11.3. The van der Waals surface area contributed by atoms with Gasteiger partial charge in [0, 0.05) is 0 Å². The molecule has 0 atom stereocenters. The molecule has 0 aliphatic carbocycles. The van der Waals surface area contributed by atoms with Gasteiger partial charge in [0.1, 0.15) is 17.2 Å². The zero-order valence-electron chi connectivity index (χ0n) is 30.1. The van der Waals surface area contributed by atoms with Crippen molar-refractivity contribution in [3.8, 4) is 17.2 Å². The maximum atomic E-state index is 6.84. The summed E-state index contributed by atoms with van der Waals surface area (Å²) >= 11 is 0.